The number of rotatable bonds is 3. The Hall–Kier alpha value is -0.0800. The first-order valence-electron chi connectivity index (χ1n) is 6.61. The predicted molar refractivity (Wildman–Crippen MR) is 62.8 cm³/mol. The van der Waals surface area contributed by atoms with Gasteiger partial charge in [-0.2, -0.15) is 0 Å². The molecule has 0 aromatic heterocycles. The third kappa shape index (κ3) is 1.94. The van der Waals surface area contributed by atoms with E-state index in [1.54, 1.807) is 0 Å². The molecule has 0 radical (unpaired) electrons. The van der Waals surface area contributed by atoms with Crippen LogP contribution in [0.5, 0.6) is 0 Å². The van der Waals surface area contributed by atoms with Gasteiger partial charge < -0.3 is 10.2 Å². The molecule has 3 aliphatic rings. The summed E-state index contributed by atoms with van der Waals surface area (Å²) < 4.78 is 0. The highest BCUT2D eigenvalue weighted by Crippen LogP contribution is 2.51. The number of fused-ring (bicyclic) bond motifs is 2. The van der Waals surface area contributed by atoms with Crippen molar-refractivity contribution in [2.24, 2.45) is 17.3 Å². The highest BCUT2D eigenvalue weighted by atomic mass is 15.2. The number of piperidine rings is 1. The topological polar surface area (TPSA) is 15.3 Å². The van der Waals surface area contributed by atoms with Gasteiger partial charge in [-0.3, -0.25) is 0 Å². The van der Waals surface area contributed by atoms with Crippen LogP contribution < -0.4 is 5.32 Å². The summed E-state index contributed by atoms with van der Waals surface area (Å²) >= 11 is 0. The van der Waals surface area contributed by atoms with Crippen LogP contribution >= 0.6 is 0 Å². The average Bonchev–Trinajstić information content (AvgIpc) is 2.65. The maximum Gasteiger partial charge on any atom is 0.0120 e. The van der Waals surface area contributed by atoms with Gasteiger partial charge >= 0.3 is 0 Å². The summed E-state index contributed by atoms with van der Waals surface area (Å²) in [4.78, 5) is 2.63. The van der Waals surface area contributed by atoms with Crippen LogP contribution in [0.2, 0.25) is 0 Å². The maximum absolute atomic E-state index is 3.84. The zero-order chi connectivity index (χ0) is 10.5. The van der Waals surface area contributed by atoms with Crippen LogP contribution in [0.4, 0.5) is 0 Å². The minimum Gasteiger partial charge on any atom is -0.313 e. The van der Waals surface area contributed by atoms with E-state index < -0.39 is 0 Å². The minimum atomic E-state index is 0.642. The summed E-state index contributed by atoms with van der Waals surface area (Å²) in [6.07, 6.45) is 4.26. The quantitative estimate of drug-likeness (QED) is 0.759. The Morgan fingerprint density at radius 1 is 1.27 bits per heavy atom. The summed E-state index contributed by atoms with van der Waals surface area (Å²) in [5.41, 5.74) is 0.642. The number of hydrogen-bond donors (Lipinski definition) is 1. The van der Waals surface area contributed by atoms with Crippen molar-refractivity contribution in [2.45, 2.75) is 39.2 Å². The summed E-state index contributed by atoms with van der Waals surface area (Å²) in [7, 11) is 0. The highest BCUT2D eigenvalue weighted by molar-refractivity contribution is 4.98. The second-order valence-corrected chi connectivity index (χ2v) is 6.54. The monoisotopic (exact) mass is 208 g/mol. The van der Waals surface area contributed by atoms with Gasteiger partial charge in [0.2, 0.25) is 0 Å². The van der Waals surface area contributed by atoms with Crippen molar-refractivity contribution in [1.29, 1.82) is 0 Å². The molecule has 0 aromatic carbocycles. The molecule has 2 nitrogen and oxygen atoms in total. The van der Waals surface area contributed by atoms with Crippen LogP contribution in [-0.2, 0) is 0 Å². The third-order valence-electron chi connectivity index (χ3n) is 4.98. The molecule has 0 aromatic rings. The first-order chi connectivity index (χ1) is 7.15. The molecule has 4 unspecified atom stereocenters. The largest absolute Gasteiger partial charge is 0.313 e. The molecular formula is C13H24N2. The van der Waals surface area contributed by atoms with Crippen molar-refractivity contribution in [1.82, 2.24) is 10.2 Å². The minimum absolute atomic E-state index is 0.642. The smallest absolute Gasteiger partial charge is 0.0120 e. The van der Waals surface area contributed by atoms with Crippen LogP contribution in [0, 0.1) is 17.3 Å². The van der Waals surface area contributed by atoms with Crippen molar-refractivity contribution in [3.8, 4) is 0 Å². The lowest BCUT2D eigenvalue weighted by Gasteiger charge is -2.31. The number of hydrogen-bond acceptors (Lipinski definition) is 2. The van der Waals surface area contributed by atoms with Crippen LogP contribution in [-0.4, -0.2) is 37.1 Å². The highest BCUT2D eigenvalue weighted by Gasteiger charge is 2.45. The average molecular weight is 208 g/mol. The van der Waals surface area contributed by atoms with E-state index >= 15 is 0 Å². The normalized spacial score (nSPS) is 46.8. The molecule has 2 saturated heterocycles. The van der Waals surface area contributed by atoms with Gasteiger partial charge in [-0.25, -0.2) is 0 Å². The molecule has 2 aliphatic heterocycles. The summed E-state index contributed by atoms with van der Waals surface area (Å²) in [6.45, 7) is 10.1. The predicted octanol–water partition coefficient (Wildman–Crippen LogP) is 1.72. The number of nitrogens with one attached hydrogen (secondary N) is 1. The van der Waals surface area contributed by atoms with Crippen LogP contribution in [0.3, 0.4) is 0 Å². The Kier molecular flexibility index (Phi) is 2.33. The zero-order valence-corrected chi connectivity index (χ0v) is 10.1. The first-order valence-corrected chi connectivity index (χ1v) is 6.61. The molecule has 2 heteroatoms. The van der Waals surface area contributed by atoms with Gasteiger partial charge in [-0.05, 0) is 56.1 Å². The SMILES string of the molecule is CC1(C)CC1CNC1CCN2CCC1C2. The van der Waals surface area contributed by atoms with E-state index in [-0.39, 0.29) is 0 Å². The van der Waals surface area contributed by atoms with Gasteiger partial charge in [-0.15, -0.1) is 0 Å². The molecule has 2 heterocycles. The molecule has 0 amide bonds. The van der Waals surface area contributed by atoms with Crippen molar-refractivity contribution >= 4 is 0 Å². The lowest BCUT2D eigenvalue weighted by atomic mass is 9.94. The van der Waals surface area contributed by atoms with Gasteiger partial charge in [-0.1, -0.05) is 13.8 Å². The fourth-order valence-corrected chi connectivity index (χ4v) is 3.44. The zero-order valence-electron chi connectivity index (χ0n) is 10.1. The fourth-order valence-electron chi connectivity index (χ4n) is 3.44. The van der Waals surface area contributed by atoms with E-state index in [4.69, 9.17) is 0 Å². The van der Waals surface area contributed by atoms with E-state index in [1.165, 1.54) is 45.4 Å². The first kappa shape index (κ1) is 10.1. The molecule has 86 valence electrons. The lowest BCUT2D eigenvalue weighted by molar-refractivity contribution is 0.219. The van der Waals surface area contributed by atoms with Crippen molar-refractivity contribution < 1.29 is 0 Å². The summed E-state index contributed by atoms with van der Waals surface area (Å²) in [5, 5.41) is 3.84. The lowest BCUT2D eigenvalue weighted by Crippen LogP contribution is -2.44. The molecule has 1 aliphatic carbocycles. The van der Waals surface area contributed by atoms with Crippen molar-refractivity contribution in [3.63, 3.8) is 0 Å². The molecule has 0 spiro atoms. The Labute approximate surface area is 93.4 Å². The second kappa shape index (κ2) is 3.46. The molecule has 15 heavy (non-hydrogen) atoms. The van der Waals surface area contributed by atoms with Crippen molar-refractivity contribution in [2.75, 3.05) is 26.2 Å². The molecule has 1 N–H and O–H groups in total. The third-order valence-corrected chi connectivity index (χ3v) is 4.98. The van der Waals surface area contributed by atoms with E-state index in [2.05, 4.69) is 24.1 Å². The van der Waals surface area contributed by atoms with Crippen LogP contribution in [0.25, 0.3) is 0 Å². The standard InChI is InChI=1S/C13H24N2/c1-13(2)7-11(13)8-14-12-4-6-15-5-3-10(12)9-15/h10-12,14H,3-9H2,1-2H3. The van der Waals surface area contributed by atoms with Gasteiger partial charge in [0.05, 0.1) is 0 Å². The molecule has 4 atom stereocenters. The summed E-state index contributed by atoms with van der Waals surface area (Å²) in [5.74, 6) is 1.91. The van der Waals surface area contributed by atoms with E-state index in [1.807, 2.05) is 0 Å². The molecule has 2 bridgehead atoms. The van der Waals surface area contributed by atoms with E-state index in [9.17, 15) is 0 Å². The summed E-state index contributed by atoms with van der Waals surface area (Å²) in [6, 6.07) is 0.833. The molecule has 3 rings (SSSR count). The fraction of sp³-hybridized carbons (Fsp3) is 1.00. The molecule has 3 fully saturated rings. The Morgan fingerprint density at radius 3 is 2.73 bits per heavy atom. The van der Waals surface area contributed by atoms with Gasteiger partial charge in [0.25, 0.3) is 0 Å². The Balaban J connectivity index is 1.47. The molecule has 1 saturated carbocycles. The van der Waals surface area contributed by atoms with Crippen molar-refractivity contribution in [3.05, 3.63) is 0 Å². The Morgan fingerprint density at radius 2 is 2.00 bits per heavy atom. The van der Waals surface area contributed by atoms with Crippen LogP contribution in [0.15, 0.2) is 0 Å². The molecular weight excluding hydrogens is 184 g/mol. The van der Waals surface area contributed by atoms with Gasteiger partial charge in [0, 0.05) is 12.6 Å². The second-order valence-electron chi connectivity index (χ2n) is 6.54. The Bertz CT molecular complexity index is 249. The number of nitrogens with zero attached hydrogens (tertiary/aromatic N) is 1. The van der Waals surface area contributed by atoms with Gasteiger partial charge in [0.1, 0.15) is 0 Å². The van der Waals surface area contributed by atoms with E-state index in [0.29, 0.717) is 5.41 Å². The van der Waals surface area contributed by atoms with Crippen LogP contribution in [0.1, 0.15) is 33.1 Å². The maximum atomic E-state index is 3.84. The van der Waals surface area contributed by atoms with Gasteiger partial charge in [0.15, 0.2) is 0 Å². The van der Waals surface area contributed by atoms with E-state index in [0.717, 1.165) is 17.9 Å².